The lowest BCUT2D eigenvalue weighted by Gasteiger charge is -2.27. The summed E-state index contributed by atoms with van der Waals surface area (Å²) in [5, 5.41) is 6.83. The van der Waals surface area contributed by atoms with E-state index < -0.39 is 39.9 Å². The second-order valence-corrected chi connectivity index (χ2v) is 12.8. The van der Waals surface area contributed by atoms with E-state index in [1.807, 2.05) is 44.3 Å². The number of carbonyl (C=O) groups is 3. The molecule has 3 N–H and O–H groups in total. The number of hydrogen-bond donors (Lipinski definition) is 3. The van der Waals surface area contributed by atoms with Gasteiger partial charge in [-0.15, -0.1) is 0 Å². The number of hydrogen-bond acceptors (Lipinski definition) is 6. The van der Waals surface area contributed by atoms with Gasteiger partial charge in [-0.05, 0) is 55.2 Å². The zero-order valence-corrected chi connectivity index (χ0v) is 25.5. The average Bonchev–Trinajstić information content (AvgIpc) is 3.65. The monoisotopic (exact) mass is 616 g/mol. The van der Waals surface area contributed by atoms with Crippen molar-refractivity contribution in [3.05, 3.63) is 102 Å². The predicted octanol–water partition coefficient (Wildman–Crippen LogP) is 4.32. The van der Waals surface area contributed by atoms with Crippen molar-refractivity contribution in [3.8, 4) is 0 Å². The molecule has 5 rings (SSSR count). The van der Waals surface area contributed by atoms with Crippen molar-refractivity contribution in [1.82, 2.24) is 19.6 Å². The Morgan fingerprint density at radius 3 is 2.55 bits per heavy atom. The van der Waals surface area contributed by atoms with Crippen LogP contribution >= 0.6 is 0 Å². The topological polar surface area (TPSA) is 139 Å². The van der Waals surface area contributed by atoms with Crippen molar-refractivity contribution in [2.75, 3.05) is 6.61 Å². The first-order valence-electron chi connectivity index (χ1n) is 14.6. The van der Waals surface area contributed by atoms with Crippen LogP contribution in [0.1, 0.15) is 49.0 Å². The van der Waals surface area contributed by atoms with E-state index in [4.69, 9.17) is 4.74 Å². The number of nitrogens with zero attached hydrogens (tertiary/aromatic N) is 1. The molecule has 0 aliphatic carbocycles. The molecule has 0 fully saturated rings. The highest BCUT2D eigenvalue weighted by atomic mass is 32.2. The molecule has 2 aromatic carbocycles. The molecule has 0 bridgehead atoms. The normalized spacial score (nSPS) is 21.5. The number of carbonyl (C=O) groups excluding carboxylic acids is 3. The zero-order chi connectivity index (χ0) is 31.3. The van der Waals surface area contributed by atoms with Gasteiger partial charge < -0.3 is 20.4 Å². The maximum atomic E-state index is 14.0. The van der Waals surface area contributed by atoms with Crippen LogP contribution in [0.15, 0.2) is 90.1 Å². The highest BCUT2D eigenvalue weighted by Gasteiger charge is 2.31. The number of nitrogens with one attached hydrogen (secondary N) is 3. The molecule has 0 spiro atoms. The first kappa shape index (κ1) is 30.8. The Bertz CT molecular complexity index is 1790. The van der Waals surface area contributed by atoms with Gasteiger partial charge in [-0.25, -0.2) is 12.4 Å². The minimum absolute atomic E-state index is 0.00304. The molecule has 2 amide bonds. The Balaban J connectivity index is 1.52. The van der Waals surface area contributed by atoms with Gasteiger partial charge in [-0.2, -0.15) is 0 Å². The number of amides is 2. The van der Waals surface area contributed by atoms with Crippen molar-refractivity contribution < 1.29 is 27.5 Å². The molecular formula is C33H36N4O6S. The van der Waals surface area contributed by atoms with Crippen LogP contribution in [0.25, 0.3) is 10.9 Å². The van der Waals surface area contributed by atoms with Gasteiger partial charge in [-0.3, -0.25) is 14.4 Å². The van der Waals surface area contributed by atoms with E-state index in [0.717, 1.165) is 22.0 Å². The van der Waals surface area contributed by atoms with Crippen LogP contribution in [0, 0.1) is 12.8 Å². The molecule has 3 atom stereocenters. The fourth-order valence-corrected chi connectivity index (χ4v) is 6.74. The van der Waals surface area contributed by atoms with Gasteiger partial charge in [0.2, 0.25) is 11.8 Å². The van der Waals surface area contributed by atoms with Crippen LogP contribution < -0.4 is 10.6 Å². The highest BCUT2D eigenvalue weighted by Crippen LogP contribution is 2.28. The van der Waals surface area contributed by atoms with Gasteiger partial charge in [-0.1, -0.05) is 55.0 Å². The lowest BCUT2D eigenvalue weighted by molar-refractivity contribution is -0.143. The van der Waals surface area contributed by atoms with Crippen molar-refractivity contribution >= 4 is 38.7 Å². The third-order valence-electron chi connectivity index (χ3n) is 7.75. The smallest absolute Gasteiger partial charge is 0.309 e. The van der Waals surface area contributed by atoms with Crippen molar-refractivity contribution in [3.63, 3.8) is 0 Å². The summed E-state index contributed by atoms with van der Waals surface area (Å²) < 4.78 is 33.9. The molecule has 10 nitrogen and oxygen atoms in total. The predicted molar refractivity (Wildman–Crippen MR) is 166 cm³/mol. The van der Waals surface area contributed by atoms with Crippen LogP contribution in [0.3, 0.4) is 0 Å². The molecule has 4 aromatic rings. The average molecular weight is 617 g/mol. The molecule has 0 saturated heterocycles. The second kappa shape index (κ2) is 13.3. The molecule has 2 aromatic heterocycles. The first-order valence-corrected chi connectivity index (χ1v) is 16.0. The number of benzene rings is 2. The number of aromatic amines is 1. The van der Waals surface area contributed by atoms with E-state index in [9.17, 15) is 22.8 Å². The first-order chi connectivity index (χ1) is 21.1. The van der Waals surface area contributed by atoms with Gasteiger partial charge in [0, 0.05) is 36.1 Å². The summed E-state index contributed by atoms with van der Waals surface area (Å²) in [7, 11) is -4.00. The highest BCUT2D eigenvalue weighted by molar-refractivity contribution is 7.90. The van der Waals surface area contributed by atoms with E-state index in [0.29, 0.717) is 12.1 Å². The van der Waals surface area contributed by atoms with Crippen molar-refractivity contribution in [2.45, 2.75) is 56.5 Å². The number of esters is 1. The molecular weight excluding hydrogens is 580 g/mol. The van der Waals surface area contributed by atoms with Crippen molar-refractivity contribution in [2.24, 2.45) is 5.92 Å². The van der Waals surface area contributed by atoms with Crippen LogP contribution in [0.5, 0.6) is 0 Å². The van der Waals surface area contributed by atoms with E-state index in [1.165, 1.54) is 10.2 Å². The summed E-state index contributed by atoms with van der Waals surface area (Å²) in [6.45, 7) is 3.79. The maximum absolute atomic E-state index is 14.0. The number of cyclic esters (lactones) is 1. The fraction of sp³-hybridized carbons (Fsp3) is 0.303. The fourth-order valence-electron chi connectivity index (χ4n) is 5.36. The minimum Gasteiger partial charge on any atom is -0.465 e. The number of fused-ring (bicyclic) bond motifs is 1. The Morgan fingerprint density at radius 2 is 1.75 bits per heavy atom. The lowest BCUT2D eigenvalue weighted by atomic mass is 9.96. The van der Waals surface area contributed by atoms with Crippen LogP contribution in [0.4, 0.5) is 0 Å². The second-order valence-electron chi connectivity index (χ2n) is 11.0. The number of ether oxygens (including phenoxy) is 1. The van der Waals surface area contributed by atoms with Crippen molar-refractivity contribution in [1.29, 1.82) is 0 Å². The number of rotatable bonds is 5. The van der Waals surface area contributed by atoms with E-state index >= 15 is 0 Å². The largest absolute Gasteiger partial charge is 0.465 e. The number of H-pyrrole nitrogens is 1. The third-order valence-corrected chi connectivity index (χ3v) is 9.47. The Kier molecular flexibility index (Phi) is 9.34. The summed E-state index contributed by atoms with van der Waals surface area (Å²) in [5.74, 6) is -1.70. The molecule has 0 radical (unpaired) electrons. The summed E-state index contributed by atoms with van der Waals surface area (Å²) >= 11 is 0. The number of aromatic nitrogens is 2. The van der Waals surface area contributed by atoms with Gasteiger partial charge >= 0.3 is 5.97 Å². The van der Waals surface area contributed by atoms with Gasteiger partial charge in [0.15, 0.2) is 0 Å². The lowest BCUT2D eigenvalue weighted by Crippen LogP contribution is -2.49. The summed E-state index contributed by atoms with van der Waals surface area (Å²) in [6.07, 6.45) is 7.27. The standard InChI is InChI=1S/C33H36N4O6S/c1-22-14-16-25(17-15-22)44(41,42)37-18-6-11-29(37)32-23(2)8-5-13-31(39)43-19-7-12-30(38)35-28(33(40)36-32)20-24-21-34-27-10-4-3-9-26(24)27/h3-6,8-11,14-18,21,23,28,32,34H,7,12-13,19-20H2,1-2H3,(H,35,38)(H,36,40)/b8-5+/t23-,28-,32+/m0/s1. The Labute approximate surface area is 256 Å². The van der Waals surface area contributed by atoms with E-state index in [1.54, 1.807) is 48.6 Å². The van der Waals surface area contributed by atoms with Crippen LogP contribution in [-0.2, 0) is 35.6 Å². The molecule has 230 valence electrons. The molecule has 3 heterocycles. The third kappa shape index (κ3) is 6.94. The van der Waals surface area contributed by atoms with E-state index in [-0.39, 0.29) is 36.7 Å². The van der Waals surface area contributed by atoms with Gasteiger partial charge in [0.25, 0.3) is 10.0 Å². The Hall–Kier alpha value is -4.64. The maximum Gasteiger partial charge on any atom is 0.309 e. The van der Waals surface area contributed by atoms with Gasteiger partial charge in [0.1, 0.15) is 6.04 Å². The molecule has 1 aliphatic rings. The number of aryl methyl sites for hydroxylation is 1. The quantitative estimate of drug-likeness (QED) is 0.226. The summed E-state index contributed by atoms with van der Waals surface area (Å²) in [5.41, 5.74) is 3.01. The van der Waals surface area contributed by atoms with Crippen LogP contribution in [0.2, 0.25) is 0 Å². The number of para-hydroxylation sites is 1. The SMILES string of the molecule is Cc1ccc(S(=O)(=O)n2cccc2[C@@H]2NC(=O)[C@H](Cc3c[nH]c4ccccc34)NC(=O)CCCOC(=O)C/C=C/[C@@H]2C)cc1. The summed E-state index contributed by atoms with van der Waals surface area (Å²) in [4.78, 5) is 42.6. The van der Waals surface area contributed by atoms with Crippen LogP contribution in [-0.4, -0.2) is 47.8 Å². The Morgan fingerprint density at radius 1 is 0.977 bits per heavy atom. The minimum atomic E-state index is -4.00. The molecule has 11 heteroatoms. The zero-order valence-electron chi connectivity index (χ0n) is 24.7. The molecule has 0 unspecified atom stereocenters. The van der Waals surface area contributed by atoms with E-state index in [2.05, 4.69) is 15.6 Å². The molecule has 0 saturated carbocycles. The summed E-state index contributed by atoms with van der Waals surface area (Å²) in [6, 6.07) is 15.7. The molecule has 44 heavy (non-hydrogen) atoms. The molecule has 1 aliphatic heterocycles. The van der Waals surface area contributed by atoms with Gasteiger partial charge in [0.05, 0.1) is 29.7 Å².